The summed E-state index contributed by atoms with van der Waals surface area (Å²) in [7, 11) is 0. The van der Waals surface area contributed by atoms with Gasteiger partial charge in [-0.2, -0.15) is 0 Å². The number of allylic oxidation sites excluding steroid dienone is 1. The summed E-state index contributed by atoms with van der Waals surface area (Å²) >= 11 is 0. The van der Waals surface area contributed by atoms with Crippen molar-refractivity contribution in [1.82, 2.24) is 0 Å². The van der Waals surface area contributed by atoms with Crippen molar-refractivity contribution in [3.05, 3.63) is 12.2 Å². The Labute approximate surface area is 82.2 Å². The molecule has 0 heterocycles. The van der Waals surface area contributed by atoms with E-state index in [2.05, 4.69) is 20.4 Å². The highest BCUT2D eigenvalue weighted by molar-refractivity contribution is 5.76. The molecule has 0 aliphatic rings. The van der Waals surface area contributed by atoms with Gasteiger partial charge < -0.3 is 0 Å². The molecule has 1 atom stereocenters. The minimum absolute atomic E-state index is 0.0296. The molecule has 0 saturated heterocycles. The van der Waals surface area contributed by atoms with Crippen LogP contribution in [0, 0.1) is 5.41 Å². The van der Waals surface area contributed by atoms with Gasteiger partial charge >= 0.3 is 0 Å². The zero-order chi connectivity index (χ0) is 10.5. The molecule has 13 heavy (non-hydrogen) atoms. The van der Waals surface area contributed by atoms with Gasteiger partial charge in [0.25, 0.3) is 0 Å². The average molecular weight is 182 g/mol. The number of ketones is 1. The van der Waals surface area contributed by atoms with Crippen molar-refractivity contribution in [2.45, 2.75) is 53.4 Å². The monoisotopic (exact) mass is 182 g/mol. The number of unbranched alkanes of at least 4 members (excludes halogenated alkanes) is 1. The van der Waals surface area contributed by atoms with E-state index in [1.54, 1.807) is 6.92 Å². The van der Waals surface area contributed by atoms with Crippen LogP contribution in [0.4, 0.5) is 0 Å². The fraction of sp³-hybridized carbons (Fsp3) is 0.750. The first-order valence-corrected chi connectivity index (χ1v) is 5.08. The Morgan fingerprint density at radius 1 is 1.38 bits per heavy atom. The molecule has 0 radical (unpaired) electrons. The van der Waals surface area contributed by atoms with Gasteiger partial charge in [-0.25, -0.2) is 0 Å². The van der Waals surface area contributed by atoms with E-state index in [0.717, 1.165) is 12.0 Å². The first kappa shape index (κ1) is 12.4. The summed E-state index contributed by atoms with van der Waals surface area (Å²) in [4.78, 5) is 11.1. The number of hydrogen-bond donors (Lipinski definition) is 0. The summed E-state index contributed by atoms with van der Waals surface area (Å²) in [5, 5.41) is 0. The highest BCUT2D eigenvalue weighted by Gasteiger charge is 2.25. The Hall–Kier alpha value is -0.590. The van der Waals surface area contributed by atoms with Gasteiger partial charge in [0, 0.05) is 6.42 Å². The number of hydrogen-bond acceptors (Lipinski definition) is 1. The van der Waals surface area contributed by atoms with Crippen molar-refractivity contribution >= 4 is 5.78 Å². The Bertz CT molecular complexity index is 193. The molecule has 76 valence electrons. The van der Waals surface area contributed by atoms with Gasteiger partial charge in [0.1, 0.15) is 5.78 Å². The van der Waals surface area contributed by atoms with E-state index in [9.17, 15) is 4.79 Å². The zero-order valence-corrected chi connectivity index (χ0v) is 9.44. The summed E-state index contributed by atoms with van der Waals surface area (Å²) in [6.07, 6.45) is 4.08. The summed E-state index contributed by atoms with van der Waals surface area (Å²) in [5.41, 5.74) is 1.16. The lowest BCUT2D eigenvalue weighted by molar-refractivity contribution is -0.118. The van der Waals surface area contributed by atoms with Crippen LogP contribution in [-0.2, 0) is 4.79 Å². The van der Waals surface area contributed by atoms with Gasteiger partial charge in [-0.1, -0.05) is 38.8 Å². The highest BCUT2D eigenvalue weighted by Crippen LogP contribution is 2.35. The molecule has 0 bridgehead atoms. The molecule has 1 heteroatoms. The van der Waals surface area contributed by atoms with Crippen LogP contribution < -0.4 is 0 Å². The number of carbonyl (C=O) groups is 1. The molecule has 1 unspecified atom stereocenters. The van der Waals surface area contributed by atoms with Crippen LogP contribution in [0.25, 0.3) is 0 Å². The smallest absolute Gasteiger partial charge is 0.130 e. The van der Waals surface area contributed by atoms with Gasteiger partial charge in [0.05, 0.1) is 0 Å². The lowest BCUT2D eigenvalue weighted by Crippen LogP contribution is -2.20. The summed E-state index contributed by atoms with van der Waals surface area (Å²) in [6.45, 7) is 12.0. The molecule has 0 spiro atoms. The third kappa shape index (κ3) is 4.25. The van der Waals surface area contributed by atoms with Crippen LogP contribution in [0.2, 0.25) is 0 Å². The second-order valence-electron chi connectivity index (χ2n) is 4.32. The van der Waals surface area contributed by atoms with Crippen LogP contribution in [0.5, 0.6) is 0 Å². The van der Waals surface area contributed by atoms with E-state index >= 15 is 0 Å². The first-order valence-electron chi connectivity index (χ1n) is 5.08. The molecule has 0 rings (SSSR count). The summed E-state index contributed by atoms with van der Waals surface area (Å²) in [5.74, 6) is 0.265. The van der Waals surface area contributed by atoms with Gasteiger partial charge in [-0.05, 0) is 25.7 Å². The number of rotatable bonds is 6. The van der Waals surface area contributed by atoms with Crippen LogP contribution in [0.15, 0.2) is 12.2 Å². The average Bonchev–Trinajstić information content (AvgIpc) is 1.99. The highest BCUT2D eigenvalue weighted by atomic mass is 16.1. The Morgan fingerprint density at radius 3 is 2.23 bits per heavy atom. The fourth-order valence-corrected chi connectivity index (χ4v) is 1.57. The largest absolute Gasteiger partial charge is 0.300 e. The molecule has 0 N–H and O–H groups in total. The van der Waals surface area contributed by atoms with Crippen molar-refractivity contribution in [3.63, 3.8) is 0 Å². The molecule has 0 saturated carbocycles. The molecular formula is C12H22O. The van der Waals surface area contributed by atoms with Crippen LogP contribution in [-0.4, -0.2) is 5.78 Å². The first-order chi connectivity index (χ1) is 5.92. The standard InChI is InChI=1S/C12H22O/c1-6-7-8-12(5,10(2)3)9-11(4)13/h2,6-9H2,1,3-5H3. The second-order valence-corrected chi connectivity index (χ2v) is 4.32. The molecule has 1 nitrogen and oxygen atoms in total. The maximum absolute atomic E-state index is 11.1. The third-order valence-electron chi connectivity index (χ3n) is 2.75. The Morgan fingerprint density at radius 2 is 1.92 bits per heavy atom. The van der Waals surface area contributed by atoms with E-state index in [0.29, 0.717) is 6.42 Å². The van der Waals surface area contributed by atoms with Gasteiger partial charge in [-0.3, -0.25) is 4.79 Å². The molecule has 0 fully saturated rings. The topological polar surface area (TPSA) is 17.1 Å². The maximum atomic E-state index is 11.1. The Kier molecular flexibility index (Phi) is 4.97. The molecule has 0 aromatic carbocycles. The maximum Gasteiger partial charge on any atom is 0.130 e. The molecule has 0 amide bonds. The van der Waals surface area contributed by atoms with Gasteiger partial charge in [-0.15, -0.1) is 0 Å². The predicted octanol–water partition coefficient (Wildman–Crippen LogP) is 3.74. The minimum atomic E-state index is 0.0296. The van der Waals surface area contributed by atoms with E-state index in [1.807, 2.05) is 6.92 Å². The zero-order valence-electron chi connectivity index (χ0n) is 9.44. The van der Waals surface area contributed by atoms with E-state index in [4.69, 9.17) is 0 Å². The van der Waals surface area contributed by atoms with E-state index < -0.39 is 0 Å². The van der Waals surface area contributed by atoms with Crippen molar-refractivity contribution in [2.24, 2.45) is 5.41 Å². The van der Waals surface area contributed by atoms with Gasteiger partial charge in [0.2, 0.25) is 0 Å². The van der Waals surface area contributed by atoms with Crippen molar-refractivity contribution < 1.29 is 4.79 Å². The molecule has 0 aliphatic heterocycles. The molecule has 0 aliphatic carbocycles. The van der Waals surface area contributed by atoms with Crippen LogP contribution >= 0.6 is 0 Å². The summed E-state index contributed by atoms with van der Waals surface area (Å²) < 4.78 is 0. The molecule has 0 aromatic heterocycles. The van der Waals surface area contributed by atoms with Crippen molar-refractivity contribution in [1.29, 1.82) is 0 Å². The molecular weight excluding hydrogens is 160 g/mol. The quantitative estimate of drug-likeness (QED) is 0.572. The van der Waals surface area contributed by atoms with Crippen LogP contribution in [0.1, 0.15) is 53.4 Å². The third-order valence-corrected chi connectivity index (χ3v) is 2.75. The van der Waals surface area contributed by atoms with Crippen molar-refractivity contribution in [2.75, 3.05) is 0 Å². The molecule has 0 aromatic rings. The minimum Gasteiger partial charge on any atom is -0.300 e. The number of Topliss-reactive ketones (excluding diaryl/α,β-unsaturated/α-hetero) is 1. The normalized spacial score (nSPS) is 15.1. The SMILES string of the molecule is C=C(C)C(C)(CCCC)CC(C)=O. The fourth-order valence-electron chi connectivity index (χ4n) is 1.57. The van der Waals surface area contributed by atoms with Crippen molar-refractivity contribution in [3.8, 4) is 0 Å². The lowest BCUT2D eigenvalue weighted by Gasteiger charge is -2.29. The van der Waals surface area contributed by atoms with E-state index in [-0.39, 0.29) is 11.2 Å². The second kappa shape index (κ2) is 5.21. The van der Waals surface area contributed by atoms with Crippen LogP contribution in [0.3, 0.4) is 0 Å². The predicted molar refractivity (Wildman–Crippen MR) is 57.7 cm³/mol. The summed E-state index contributed by atoms with van der Waals surface area (Å²) in [6, 6.07) is 0. The van der Waals surface area contributed by atoms with E-state index in [1.165, 1.54) is 12.8 Å². The lowest BCUT2D eigenvalue weighted by atomic mass is 9.75. The number of carbonyl (C=O) groups excluding carboxylic acids is 1. The van der Waals surface area contributed by atoms with Gasteiger partial charge in [0.15, 0.2) is 0 Å². The Balaban J connectivity index is 4.34.